The van der Waals surface area contributed by atoms with Crippen molar-refractivity contribution in [2.45, 2.75) is 38.3 Å². The Morgan fingerprint density at radius 1 is 1.33 bits per heavy atom. The number of aromatic nitrogens is 3. The molecule has 142 valence electrons. The summed E-state index contributed by atoms with van der Waals surface area (Å²) < 4.78 is 8.89. The second-order valence-electron chi connectivity index (χ2n) is 7.05. The number of carbonyl (C=O) groups excluding carboxylic acids is 1. The number of carbonyl (C=O) groups is 1. The molecule has 3 heterocycles. The number of benzene rings is 1. The van der Waals surface area contributed by atoms with E-state index in [1.54, 1.807) is 13.2 Å². The Morgan fingerprint density at radius 3 is 3.00 bits per heavy atom. The normalized spacial score (nSPS) is 17.0. The number of fused-ring (bicyclic) bond motifs is 3. The van der Waals surface area contributed by atoms with Crippen LogP contribution in [-0.4, -0.2) is 39.5 Å². The maximum absolute atomic E-state index is 12.7. The molecule has 7 nitrogen and oxygen atoms in total. The lowest BCUT2D eigenvalue weighted by atomic mass is 10.2. The van der Waals surface area contributed by atoms with Crippen molar-refractivity contribution in [1.29, 1.82) is 0 Å². The number of nitrogens with zero attached hydrogens (tertiary/aromatic N) is 3. The zero-order valence-electron chi connectivity index (χ0n) is 15.5. The van der Waals surface area contributed by atoms with E-state index in [-0.39, 0.29) is 17.6 Å². The van der Waals surface area contributed by atoms with Crippen molar-refractivity contribution in [3.05, 3.63) is 40.8 Å². The summed E-state index contributed by atoms with van der Waals surface area (Å²) >= 11 is 0. The lowest BCUT2D eigenvalue weighted by molar-refractivity contribution is -0.121. The minimum Gasteiger partial charge on any atom is -0.376 e. The van der Waals surface area contributed by atoms with Gasteiger partial charge in [0.1, 0.15) is 5.52 Å². The molecular weight excluding hydrogens is 344 g/mol. The van der Waals surface area contributed by atoms with Crippen LogP contribution in [0.15, 0.2) is 35.3 Å². The number of hydrogen-bond acceptors (Lipinski definition) is 4. The van der Waals surface area contributed by atoms with Gasteiger partial charge in [0.25, 0.3) is 5.56 Å². The molecule has 1 saturated heterocycles. The van der Waals surface area contributed by atoms with Crippen molar-refractivity contribution in [2.24, 2.45) is 7.05 Å². The molecule has 27 heavy (non-hydrogen) atoms. The number of rotatable bonds is 6. The third kappa shape index (κ3) is 3.47. The van der Waals surface area contributed by atoms with Crippen molar-refractivity contribution in [1.82, 2.24) is 19.7 Å². The largest absolute Gasteiger partial charge is 0.376 e. The first kappa shape index (κ1) is 17.7. The van der Waals surface area contributed by atoms with Gasteiger partial charge in [0, 0.05) is 49.5 Å². The topological polar surface area (TPSA) is 78.2 Å². The van der Waals surface area contributed by atoms with Crippen molar-refractivity contribution in [3.63, 3.8) is 0 Å². The molecule has 7 heteroatoms. The van der Waals surface area contributed by atoms with Crippen molar-refractivity contribution in [3.8, 4) is 0 Å². The van der Waals surface area contributed by atoms with Crippen molar-refractivity contribution >= 4 is 27.7 Å². The maximum Gasteiger partial charge on any atom is 0.291 e. The van der Waals surface area contributed by atoms with Crippen LogP contribution in [0.2, 0.25) is 0 Å². The van der Waals surface area contributed by atoms with E-state index in [1.165, 1.54) is 4.68 Å². The minimum atomic E-state index is -0.119. The first-order valence-corrected chi connectivity index (χ1v) is 9.46. The molecule has 1 atom stereocenters. The van der Waals surface area contributed by atoms with Gasteiger partial charge < -0.3 is 14.6 Å². The molecule has 1 aromatic carbocycles. The number of aryl methyl sites for hydroxylation is 2. The summed E-state index contributed by atoms with van der Waals surface area (Å²) in [7, 11) is 1.66. The van der Waals surface area contributed by atoms with Gasteiger partial charge in [-0.05, 0) is 25.3 Å². The zero-order chi connectivity index (χ0) is 18.8. The molecule has 4 rings (SSSR count). The quantitative estimate of drug-likeness (QED) is 0.721. The highest BCUT2D eigenvalue weighted by molar-refractivity contribution is 6.07. The predicted octanol–water partition coefficient (Wildman–Crippen LogP) is 1.96. The van der Waals surface area contributed by atoms with Crippen LogP contribution in [0.25, 0.3) is 21.8 Å². The summed E-state index contributed by atoms with van der Waals surface area (Å²) in [5, 5.41) is 8.98. The van der Waals surface area contributed by atoms with Crippen LogP contribution >= 0.6 is 0 Å². The lowest BCUT2D eigenvalue weighted by Gasteiger charge is -2.11. The van der Waals surface area contributed by atoms with E-state index in [9.17, 15) is 9.59 Å². The van der Waals surface area contributed by atoms with Crippen molar-refractivity contribution in [2.75, 3.05) is 13.2 Å². The molecule has 3 aromatic rings. The van der Waals surface area contributed by atoms with Gasteiger partial charge in [-0.25, -0.2) is 4.68 Å². The van der Waals surface area contributed by atoms with Crippen LogP contribution in [0.4, 0.5) is 0 Å². The number of hydrogen-bond donors (Lipinski definition) is 1. The summed E-state index contributed by atoms with van der Waals surface area (Å²) in [6.07, 6.45) is 5.06. The second-order valence-corrected chi connectivity index (χ2v) is 7.05. The molecule has 1 amide bonds. The highest BCUT2D eigenvalue weighted by atomic mass is 16.5. The van der Waals surface area contributed by atoms with Gasteiger partial charge in [-0.3, -0.25) is 9.59 Å². The average Bonchev–Trinajstić information content (AvgIpc) is 3.30. The molecule has 0 radical (unpaired) electrons. The van der Waals surface area contributed by atoms with Crippen LogP contribution in [0, 0.1) is 0 Å². The average molecular weight is 368 g/mol. The molecule has 0 unspecified atom stereocenters. The SMILES string of the molecule is Cn1ncc2c3ccccc3n(CCCC(=O)NC[C@@H]3CCCO3)c2c1=O. The Labute approximate surface area is 156 Å². The Bertz CT molecular complexity index is 1030. The van der Waals surface area contributed by atoms with Crippen LogP contribution in [0.3, 0.4) is 0 Å². The van der Waals surface area contributed by atoms with E-state index in [4.69, 9.17) is 4.74 Å². The Kier molecular flexibility index (Phi) is 4.94. The van der Waals surface area contributed by atoms with E-state index in [0.717, 1.165) is 35.7 Å². The van der Waals surface area contributed by atoms with Gasteiger partial charge in [0.2, 0.25) is 5.91 Å². The first-order chi connectivity index (χ1) is 13.1. The molecule has 0 spiro atoms. The molecular formula is C20H24N4O3. The fourth-order valence-corrected chi connectivity index (χ4v) is 3.79. The monoisotopic (exact) mass is 368 g/mol. The highest BCUT2D eigenvalue weighted by Crippen LogP contribution is 2.26. The second kappa shape index (κ2) is 7.52. The van der Waals surface area contributed by atoms with Gasteiger partial charge in [0.05, 0.1) is 12.3 Å². The molecule has 0 aliphatic carbocycles. The molecule has 1 N–H and O–H groups in total. The van der Waals surface area contributed by atoms with E-state index in [0.29, 0.717) is 31.4 Å². The van der Waals surface area contributed by atoms with Gasteiger partial charge in [-0.1, -0.05) is 18.2 Å². The third-order valence-corrected chi connectivity index (χ3v) is 5.20. The van der Waals surface area contributed by atoms with Crippen LogP contribution in [0.1, 0.15) is 25.7 Å². The molecule has 1 fully saturated rings. The number of para-hydroxylation sites is 1. The summed E-state index contributed by atoms with van der Waals surface area (Å²) in [4.78, 5) is 24.8. The summed E-state index contributed by atoms with van der Waals surface area (Å²) in [6.45, 7) is 1.98. The number of ether oxygens (including phenoxy) is 1. The minimum absolute atomic E-state index is 0.0286. The lowest BCUT2D eigenvalue weighted by Crippen LogP contribution is -2.31. The molecule has 2 aromatic heterocycles. The van der Waals surface area contributed by atoms with E-state index in [1.807, 2.05) is 28.8 Å². The van der Waals surface area contributed by atoms with Gasteiger partial charge in [-0.2, -0.15) is 5.10 Å². The van der Waals surface area contributed by atoms with Gasteiger partial charge >= 0.3 is 0 Å². The maximum atomic E-state index is 12.7. The van der Waals surface area contributed by atoms with Crippen LogP contribution in [-0.2, 0) is 23.1 Å². The van der Waals surface area contributed by atoms with Crippen LogP contribution in [0.5, 0.6) is 0 Å². The highest BCUT2D eigenvalue weighted by Gasteiger charge is 2.17. The third-order valence-electron chi connectivity index (χ3n) is 5.20. The molecule has 1 aliphatic rings. The van der Waals surface area contributed by atoms with E-state index < -0.39 is 0 Å². The van der Waals surface area contributed by atoms with Crippen LogP contribution < -0.4 is 10.9 Å². The Morgan fingerprint density at radius 2 is 2.19 bits per heavy atom. The fraction of sp³-hybridized carbons (Fsp3) is 0.450. The van der Waals surface area contributed by atoms with Gasteiger partial charge in [-0.15, -0.1) is 0 Å². The van der Waals surface area contributed by atoms with E-state index >= 15 is 0 Å². The first-order valence-electron chi connectivity index (χ1n) is 9.46. The number of amides is 1. The Hall–Kier alpha value is -2.67. The summed E-state index contributed by atoms with van der Waals surface area (Å²) in [5.74, 6) is 0.0286. The van der Waals surface area contributed by atoms with Gasteiger partial charge in [0.15, 0.2) is 0 Å². The molecule has 1 aliphatic heterocycles. The predicted molar refractivity (Wildman–Crippen MR) is 104 cm³/mol. The fourth-order valence-electron chi connectivity index (χ4n) is 3.79. The molecule has 0 saturated carbocycles. The summed E-state index contributed by atoms with van der Waals surface area (Å²) in [5.41, 5.74) is 1.53. The van der Waals surface area contributed by atoms with E-state index in [2.05, 4.69) is 10.4 Å². The summed E-state index contributed by atoms with van der Waals surface area (Å²) in [6, 6.07) is 7.93. The van der Waals surface area contributed by atoms with Crippen molar-refractivity contribution < 1.29 is 9.53 Å². The smallest absolute Gasteiger partial charge is 0.291 e. The number of nitrogens with one attached hydrogen (secondary N) is 1. The standard InChI is InChI=1S/C20H24N4O3/c1-23-20(26)19-16(13-22-23)15-7-2-3-8-17(15)24(19)10-4-9-18(25)21-12-14-6-5-11-27-14/h2-3,7-8,13-14H,4-6,9-12H2,1H3,(H,21,25)/t14-/m0/s1. The molecule has 0 bridgehead atoms. The Balaban J connectivity index is 1.50. The zero-order valence-corrected chi connectivity index (χ0v) is 15.5.